The van der Waals surface area contributed by atoms with Crippen molar-refractivity contribution in [1.29, 1.82) is 0 Å². The number of nitrogens with zero attached hydrogens (tertiary/aromatic N) is 1. The van der Waals surface area contributed by atoms with E-state index in [1.165, 1.54) is 30.5 Å². The molecule has 1 aromatic heterocycles. The Morgan fingerprint density at radius 3 is 2.63 bits per heavy atom. The third-order valence-electron chi connectivity index (χ3n) is 3.60. The van der Waals surface area contributed by atoms with Crippen molar-refractivity contribution < 1.29 is 4.74 Å². The highest BCUT2D eigenvalue weighted by Crippen LogP contribution is 2.36. The van der Waals surface area contributed by atoms with Crippen molar-refractivity contribution in [3.63, 3.8) is 0 Å². The van der Waals surface area contributed by atoms with Gasteiger partial charge < -0.3 is 4.74 Å². The maximum atomic E-state index is 5.15. The molecular formula is C16H17NOS. The summed E-state index contributed by atoms with van der Waals surface area (Å²) in [6.45, 7) is 0. The Labute approximate surface area is 117 Å². The van der Waals surface area contributed by atoms with Crippen LogP contribution in [0.3, 0.4) is 0 Å². The number of aromatic nitrogens is 1. The topological polar surface area (TPSA) is 22.1 Å². The van der Waals surface area contributed by atoms with Crippen molar-refractivity contribution in [2.24, 2.45) is 0 Å². The van der Waals surface area contributed by atoms with Crippen LogP contribution >= 0.6 is 11.3 Å². The maximum Gasteiger partial charge on any atom is 0.118 e. The van der Waals surface area contributed by atoms with Gasteiger partial charge >= 0.3 is 0 Å². The van der Waals surface area contributed by atoms with Crippen LogP contribution in [-0.4, -0.2) is 12.1 Å². The average Bonchev–Trinajstić information content (AvgIpc) is 2.83. The highest BCUT2D eigenvalue weighted by molar-refractivity contribution is 7.10. The lowest BCUT2D eigenvalue weighted by Crippen LogP contribution is -2.08. The minimum absolute atomic E-state index is 0.722. The van der Waals surface area contributed by atoms with Crippen LogP contribution < -0.4 is 4.74 Å². The highest BCUT2D eigenvalue weighted by atomic mass is 32.1. The van der Waals surface area contributed by atoms with Crippen LogP contribution in [0, 0.1) is 0 Å². The van der Waals surface area contributed by atoms with Gasteiger partial charge in [0.25, 0.3) is 0 Å². The first-order valence-electron chi connectivity index (χ1n) is 6.63. The second-order valence-electron chi connectivity index (χ2n) is 4.84. The summed E-state index contributed by atoms with van der Waals surface area (Å²) in [5.41, 5.74) is 2.45. The van der Waals surface area contributed by atoms with Gasteiger partial charge in [-0.25, -0.2) is 4.98 Å². The fourth-order valence-corrected chi connectivity index (χ4v) is 2.94. The van der Waals surface area contributed by atoms with Crippen molar-refractivity contribution in [3.05, 3.63) is 45.9 Å². The SMILES string of the molecule is COc1ccc(/C=C/c2nc(C3CCC3)cs2)cc1. The number of ether oxygens (including phenoxy) is 1. The normalized spacial score (nSPS) is 15.6. The van der Waals surface area contributed by atoms with Gasteiger partial charge in [-0.15, -0.1) is 11.3 Å². The lowest BCUT2D eigenvalue weighted by atomic mass is 9.83. The maximum absolute atomic E-state index is 5.15. The van der Waals surface area contributed by atoms with Gasteiger partial charge in [-0.2, -0.15) is 0 Å². The van der Waals surface area contributed by atoms with E-state index in [-0.39, 0.29) is 0 Å². The Morgan fingerprint density at radius 2 is 2.00 bits per heavy atom. The van der Waals surface area contributed by atoms with Gasteiger partial charge in [0, 0.05) is 11.3 Å². The summed E-state index contributed by atoms with van der Waals surface area (Å²) in [4.78, 5) is 4.69. The van der Waals surface area contributed by atoms with Gasteiger partial charge in [-0.3, -0.25) is 0 Å². The zero-order valence-electron chi connectivity index (χ0n) is 11.0. The minimum atomic E-state index is 0.722. The molecule has 0 saturated heterocycles. The standard InChI is InChI=1S/C16H17NOS/c1-18-14-8-5-12(6-9-14)7-10-16-17-15(11-19-16)13-3-2-4-13/h5-11,13H,2-4H2,1H3/b10-7+. The van der Waals surface area contributed by atoms with Crippen molar-refractivity contribution in [2.75, 3.05) is 7.11 Å². The molecule has 0 radical (unpaired) electrons. The summed E-state index contributed by atoms with van der Waals surface area (Å²) in [6.07, 6.45) is 8.17. The number of thiazole rings is 1. The van der Waals surface area contributed by atoms with E-state index in [0.717, 1.165) is 16.7 Å². The summed E-state index contributed by atoms with van der Waals surface area (Å²) < 4.78 is 5.15. The summed E-state index contributed by atoms with van der Waals surface area (Å²) in [6, 6.07) is 8.05. The van der Waals surface area contributed by atoms with Crippen LogP contribution in [0.25, 0.3) is 12.2 Å². The molecule has 0 bridgehead atoms. The molecule has 19 heavy (non-hydrogen) atoms. The van der Waals surface area contributed by atoms with Gasteiger partial charge in [0.2, 0.25) is 0 Å². The van der Waals surface area contributed by atoms with Crippen LogP contribution in [0.4, 0.5) is 0 Å². The van der Waals surface area contributed by atoms with E-state index >= 15 is 0 Å². The molecule has 0 N–H and O–H groups in total. The zero-order chi connectivity index (χ0) is 13.1. The largest absolute Gasteiger partial charge is 0.497 e. The van der Waals surface area contributed by atoms with E-state index in [0.29, 0.717) is 0 Å². The van der Waals surface area contributed by atoms with E-state index in [2.05, 4.69) is 34.6 Å². The molecule has 1 aliphatic rings. The molecule has 0 amide bonds. The fourth-order valence-electron chi connectivity index (χ4n) is 2.15. The Morgan fingerprint density at radius 1 is 1.21 bits per heavy atom. The molecule has 98 valence electrons. The summed E-state index contributed by atoms with van der Waals surface area (Å²) in [5.74, 6) is 1.61. The Balaban J connectivity index is 1.68. The first-order chi connectivity index (χ1) is 9.35. The molecule has 1 fully saturated rings. The Kier molecular flexibility index (Phi) is 3.65. The van der Waals surface area contributed by atoms with Crippen LogP contribution in [0.2, 0.25) is 0 Å². The van der Waals surface area contributed by atoms with Crippen molar-refractivity contribution in [1.82, 2.24) is 4.98 Å². The van der Waals surface area contributed by atoms with E-state index < -0.39 is 0 Å². The van der Waals surface area contributed by atoms with Crippen molar-refractivity contribution in [3.8, 4) is 5.75 Å². The van der Waals surface area contributed by atoms with Crippen LogP contribution in [-0.2, 0) is 0 Å². The molecule has 3 heteroatoms. The summed E-state index contributed by atoms with van der Waals surface area (Å²) in [7, 11) is 1.68. The summed E-state index contributed by atoms with van der Waals surface area (Å²) >= 11 is 1.73. The Hall–Kier alpha value is -1.61. The van der Waals surface area contributed by atoms with Crippen molar-refractivity contribution >= 4 is 23.5 Å². The molecule has 1 aromatic carbocycles. The molecule has 0 atom stereocenters. The first-order valence-corrected chi connectivity index (χ1v) is 7.50. The monoisotopic (exact) mass is 271 g/mol. The van der Waals surface area contributed by atoms with Crippen molar-refractivity contribution in [2.45, 2.75) is 25.2 Å². The molecule has 1 heterocycles. The van der Waals surface area contributed by atoms with Crippen LogP contribution in [0.5, 0.6) is 5.75 Å². The predicted octanol–water partition coefficient (Wildman–Crippen LogP) is 4.59. The van der Waals surface area contributed by atoms with Gasteiger partial charge in [0.1, 0.15) is 10.8 Å². The molecule has 1 aliphatic carbocycles. The predicted molar refractivity (Wildman–Crippen MR) is 80.6 cm³/mol. The van der Waals surface area contributed by atoms with E-state index in [1.54, 1.807) is 18.4 Å². The zero-order valence-corrected chi connectivity index (χ0v) is 11.8. The minimum Gasteiger partial charge on any atom is -0.497 e. The number of benzene rings is 1. The quantitative estimate of drug-likeness (QED) is 0.811. The number of hydrogen-bond acceptors (Lipinski definition) is 3. The summed E-state index contributed by atoms with van der Waals surface area (Å²) in [5, 5.41) is 3.30. The third kappa shape index (κ3) is 2.87. The van der Waals surface area contributed by atoms with Crippen LogP contribution in [0.15, 0.2) is 29.6 Å². The number of methoxy groups -OCH3 is 1. The Bertz CT molecular complexity index is 567. The highest BCUT2D eigenvalue weighted by Gasteiger charge is 2.21. The molecule has 2 aromatic rings. The lowest BCUT2D eigenvalue weighted by Gasteiger charge is -2.22. The second-order valence-corrected chi connectivity index (χ2v) is 5.73. The van der Waals surface area contributed by atoms with E-state index in [4.69, 9.17) is 4.74 Å². The second kappa shape index (κ2) is 5.57. The first kappa shape index (κ1) is 12.4. The molecule has 0 spiro atoms. The lowest BCUT2D eigenvalue weighted by molar-refractivity contribution is 0.412. The average molecular weight is 271 g/mol. The molecule has 0 aliphatic heterocycles. The van der Waals surface area contributed by atoms with Gasteiger partial charge in [-0.05, 0) is 36.6 Å². The molecular weight excluding hydrogens is 254 g/mol. The molecule has 3 rings (SSSR count). The third-order valence-corrected chi connectivity index (χ3v) is 4.43. The number of rotatable bonds is 4. The van der Waals surface area contributed by atoms with Gasteiger partial charge in [0.15, 0.2) is 0 Å². The fraction of sp³-hybridized carbons (Fsp3) is 0.312. The van der Waals surface area contributed by atoms with Gasteiger partial charge in [0.05, 0.1) is 12.8 Å². The molecule has 0 unspecified atom stereocenters. The molecule has 1 saturated carbocycles. The number of hydrogen-bond donors (Lipinski definition) is 0. The van der Waals surface area contributed by atoms with Gasteiger partial charge in [-0.1, -0.05) is 24.6 Å². The van der Waals surface area contributed by atoms with E-state index in [9.17, 15) is 0 Å². The molecule has 2 nitrogen and oxygen atoms in total. The van der Waals surface area contributed by atoms with Crippen LogP contribution in [0.1, 0.15) is 41.4 Å². The smallest absolute Gasteiger partial charge is 0.118 e. The van der Waals surface area contributed by atoms with E-state index in [1.807, 2.05) is 12.1 Å².